The van der Waals surface area contributed by atoms with Crippen molar-refractivity contribution in [1.82, 2.24) is 9.97 Å². The van der Waals surface area contributed by atoms with E-state index in [1.54, 1.807) is 0 Å². The fourth-order valence-corrected chi connectivity index (χ4v) is 1.41. The van der Waals surface area contributed by atoms with Crippen LogP contribution in [-0.4, -0.2) is 34.8 Å². The standard InChI is InChI=1S/C10H17N3O/c1-4-13(5-6-14)10-7-8(2)11-9(3)12-10/h7,14H,4-6H2,1-3H3. The maximum absolute atomic E-state index is 8.88. The number of anilines is 1. The van der Waals surface area contributed by atoms with Gasteiger partial charge in [0.1, 0.15) is 11.6 Å². The van der Waals surface area contributed by atoms with Crippen LogP contribution in [0.2, 0.25) is 0 Å². The van der Waals surface area contributed by atoms with Crippen molar-refractivity contribution in [2.45, 2.75) is 20.8 Å². The number of nitrogens with zero attached hydrogens (tertiary/aromatic N) is 3. The highest BCUT2D eigenvalue weighted by Crippen LogP contribution is 2.11. The van der Waals surface area contributed by atoms with Crippen LogP contribution in [0.4, 0.5) is 5.82 Å². The molecule has 0 aliphatic carbocycles. The maximum Gasteiger partial charge on any atom is 0.132 e. The Kier molecular flexibility index (Phi) is 3.83. The van der Waals surface area contributed by atoms with Crippen molar-refractivity contribution in [1.29, 1.82) is 0 Å². The lowest BCUT2D eigenvalue weighted by molar-refractivity contribution is 0.302. The number of likely N-dealkylation sites (N-methyl/N-ethyl adjacent to an activating group) is 1. The van der Waals surface area contributed by atoms with Crippen LogP contribution in [0.25, 0.3) is 0 Å². The van der Waals surface area contributed by atoms with Crippen molar-refractivity contribution in [3.05, 3.63) is 17.6 Å². The van der Waals surface area contributed by atoms with E-state index in [2.05, 4.69) is 9.97 Å². The summed E-state index contributed by atoms with van der Waals surface area (Å²) in [4.78, 5) is 10.6. The molecule has 0 aliphatic heterocycles. The summed E-state index contributed by atoms with van der Waals surface area (Å²) >= 11 is 0. The zero-order valence-electron chi connectivity index (χ0n) is 8.99. The van der Waals surface area contributed by atoms with E-state index in [0.29, 0.717) is 6.54 Å². The summed E-state index contributed by atoms with van der Waals surface area (Å²) in [5, 5.41) is 8.88. The summed E-state index contributed by atoms with van der Waals surface area (Å²) < 4.78 is 0. The first-order valence-electron chi connectivity index (χ1n) is 4.85. The average Bonchev–Trinajstić information content (AvgIpc) is 2.12. The first-order chi connectivity index (χ1) is 6.67. The van der Waals surface area contributed by atoms with E-state index in [1.807, 2.05) is 31.7 Å². The van der Waals surface area contributed by atoms with Gasteiger partial charge in [0.25, 0.3) is 0 Å². The van der Waals surface area contributed by atoms with Crippen LogP contribution in [-0.2, 0) is 0 Å². The molecule has 78 valence electrons. The summed E-state index contributed by atoms with van der Waals surface area (Å²) in [7, 11) is 0. The van der Waals surface area contributed by atoms with Crippen LogP contribution >= 0.6 is 0 Å². The first kappa shape index (κ1) is 10.9. The SMILES string of the molecule is CCN(CCO)c1cc(C)nc(C)n1. The predicted molar refractivity (Wildman–Crippen MR) is 56.5 cm³/mol. The second-order valence-corrected chi connectivity index (χ2v) is 3.22. The third-order valence-corrected chi connectivity index (χ3v) is 2.03. The van der Waals surface area contributed by atoms with Gasteiger partial charge in [0.05, 0.1) is 6.61 Å². The molecule has 0 saturated carbocycles. The van der Waals surface area contributed by atoms with E-state index in [-0.39, 0.29) is 6.61 Å². The second kappa shape index (κ2) is 4.91. The second-order valence-electron chi connectivity index (χ2n) is 3.22. The molecule has 0 radical (unpaired) electrons. The fourth-order valence-electron chi connectivity index (χ4n) is 1.41. The Morgan fingerprint density at radius 2 is 2.07 bits per heavy atom. The molecule has 1 heterocycles. The quantitative estimate of drug-likeness (QED) is 0.776. The Labute approximate surface area is 84.6 Å². The number of aliphatic hydroxyl groups is 1. The molecule has 0 aromatic carbocycles. The number of rotatable bonds is 4. The molecular formula is C10H17N3O. The summed E-state index contributed by atoms with van der Waals surface area (Å²) in [6.45, 7) is 7.48. The monoisotopic (exact) mass is 195 g/mol. The maximum atomic E-state index is 8.88. The zero-order chi connectivity index (χ0) is 10.6. The number of aliphatic hydroxyl groups excluding tert-OH is 1. The first-order valence-corrected chi connectivity index (χ1v) is 4.85. The molecule has 0 unspecified atom stereocenters. The van der Waals surface area contributed by atoms with Crippen LogP contribution in [0.5, 0.6) is 0 Å². The van der Waals surface area contributed by atoms with Crippen LogP contribution in [0, 0.1) is 13.8 Å². The van der Waals surface area contributed by atoms with E-state index in [1.165, 1.54) is 0 Å². The number of hydrogen-bond donors (Lipinski definition) is 1. The smallest absolute Gasteiger partial charge is 0.132 e. The normalized spacial score (nSPS) is 10.3. The molecule has 1 N–H and O–H groups in total. The van der Waals surface area contributed by atoms with Gasteiger partial charge in [0.15, 0.2) is 0 Å². The molecule has 4 heteroatoms. The number of hydrogen-bond acceptors (Lipinski definition) is 4. The number of aromatic nitrogens is 2. The van der Waals surface area contributed by atoms with Crippen molar-refractivity contribution < 1.29 is 5.11 Å². The van der Waals surface area contributed by atoms with Crippen LogP contribution in [0.15, 0.2) is 6.07 Å². The van der Waals surface area contributed by atoms with Gasteiger partial charge in [-0.2, -0.15) is 0 Å². The molecule has 1 rings (SSSR count). The van der Waals surface area contributed by atoms with Gasteiger partial charge in [-0.05, 0) is 20.8 Å². The van der Waals surface area contributed by atoms with E-state index in [4.69, 9.17) is 5.11 Å². The zero-order valence-corrected chi connectivity index (χ0v) is 8.99. The van der Waals surface area contributed by atoms with Gasteiger partial charge in [-0.3, -0.25) is 0 Å². The Morgan fingerprint density at radius 3 is 2.57 bits per heavy atom. The van der Waals surface area contributed by atoms with Gasteiger partial charge in [-0.1, -0.05) is 0 Å². The molecule has 0 aliphatic rings. The van der Waals surface area contributed by atoms with Crippen molar-refractivity contribution in [2.24, 2.45) is 0 Å². The summed E-state index contributed by atoms with van der Waals surface area (Å²) in [6, 6.07) is 1.94. The predicted octanol–water partition coefficient (Wildman–Crippen LogP) is 0.912. The molecule has 0 saturated heterocycles. The van der Waals surface area contributed by atoms with Crippen molar-refractivity contribution in [3.63, 3.8) is 0 Å². The highest BCUT2D eigenvalue weighted by atomic mass is 16.3. The van der Waals surface area contributed by atoms with Crippen LogP contribution in [0.1, 0.15) is 18.4 Å². The third-order valence-electron chi connectivity index (χ3n) is 2.03. The largest absolute Gasteiger partial charge is 0.395 e. The van der Waals surface area contributed by atoms with E-state index >= 15 is 0 Å². The minimum Gasteiger partial charge on any atom is -0.395 e. The molecule has 0 atom stereocenters. The van der Waals surface area contributed by atoms with Crippen molar-refractivity contribution in [2.75, 3.05) is 24.6 Å². The third kappa shape index (κ3) is 2.67. The van der Waals surface area contributed by atoms with Crippen LogP contribution < -0.4 is 4.90 Å². The topological polar surface area (TPSA) is 49.2 Å². The van der Waals surface area contributed by atoms with E-state index < -0.39 is 0 Å². The highest BCUT2D eigenvalue weighted by molar-refractivity contribution is 5.39. The average molecular weight is 195 g/mol. The van der Waals surface area contributed by atoms with E-state index in [0.717, 1.165) is 23.9 Å². The Bertz CT molecular complexity index is 281. The highest BCUT2D eigenvalue weighted by Gasteiger charge is 2.06. The summed E-state index contributed by atoms with van der Waals surface area (Å²) in [5.74, 6) is 1.67. The van der Waals surface area contributed by atoms with Gasteiger partial charge in [-0.15, -0.1) is 0 Å². The summed E-state index contributed by atoms with van der Waals surface area (Å²) in [5.41, 5.74) is 0.962. The molecule has 1 aromatic rings. The molecule has 1 aromatic heterocycles. The minimum atomic E-state index is 0.149. The van der Waals surface area contributed by atoms with Crippen molar-refractivity contribution in [3.8, 4) is 0 Å². The number of aryl methyl sites for hydroxylation is 2. The molecule has 0 amide bonds. The van der Waals surface area contributed by atoms with Gasteiger partial charge >= 0.3 is 0 Å². The van der Waals surface area contributed by atoms with E-state index in [9.17, 15) is 0 Å². The van der Waals surface area contributed by atoms with Gasteiger partial charge in [0, 0.05) is 24.8 Å². The lowest BCUT2D eigenvalue weighted by Crippen LogP contribution is -2.27. The molecule has 4 nitrogen and oxygen atoms in total. The van der Waals surface area contributed by atoms with Gasteiger partial charge < -0.3 is 10.0 Å². The van der Waals surface area contributed by atoms with Gasteiger partial charge in [0.2, 0.25) is 0 Å². The molecular weight excluding hydrogens is 178 g/mol. The lowest BCUT2D eigenvalue weighted by atomic mass is 10.3. The summed E-state index contributed by atoms with van der Waals surface area (Å²) in [6.07, 6.45) is 0. The lowest BCUT2D eigenvalue weighted by Gasteiger charge is -2.21. The molecule has 14 heavy (non-hydrogen) atoms. The molecule has 0 fully saturated rings. The molecule has 0 spiro atoms. The van der Waals surface area contributed by atoms with Crippen LogP contribution in [0.3, 0.4) is 0 Å². The Hall–Kier alpha value is -1.16. The minimum absolute atomic E-state index is 0.149. The Balaban J connectivity index is 2.91. The van der Waals surface area contributed by atoms with Crippen molar-refractivity contribution >= 4 is 5.82 Å². The fraction of sp³-hybridized carbons (Fsp3) is 0.600. The Morgan fingerprint density at radius 1 is 1.36 bits per heavy atom. The molecule has 0 bridgehead atoms. The van der Waals surface area contributed by atoms with Gasteiger partial charge in [-0.25, -0.2) is 9.97 Å².